The summed E-state index contributed by atoms with van der Waals surface area (Å²) in [6.07, 6.45) is -3.35. The van der Waals surface area contributed by atoms with Gasteiger partial charge in [0.15, 0.2) is 5.41 Å². The van der Waals surface area contributed by atoms with E-state index < -0.39 is 23.1 Å². The van der Waals surface area contributed by atoms with Crippen molar-refractivity contribution >= 4 is 0 Å². The molecular weight excluding hydrogens is 285 g/mol. The first-order valence-corrected chi connectivity index (χ1v) is 6.15. The molecule has 0 aliphatic rings. The molecule has 1 heterocycles. The molecule has 1 aromatic carbocycles. The maximum atomic E-state index is 13.8. The predicted octanol–water partition coefficient (Wildman–Crippen LogP) is 3.15. The van der Waals surface area contributed by atoms with Gasteiger partial charge < -0.3 is 4.57 Å². The molecule has 0 unspecified atom stereocenters. The number of halogens is 3. The monoisotopic (exact) mass is 298 g/mol. The normalized spacial score (nSPS) is 14.7. The zero-order valence-corrected chi connectivity index (χ0v) is 11.2. The van der Waals surface area contributed by atoms with E-state index in [9.17, 15) is 23.3 Å². The Labute approximate surface area is 119 Å². The summed E-state index contributed by atoms with van der Waals surface area (Å²) in [7, 11) is 1.44. The fourth-order valence-corrected chi connectivity index (χ4v) is 2.54. The molecule has 1 atom stereocenters. The fraction of sp³-hybridized carbons (Fsp3) is 0.286. The molecule has 0 N–H and O–H groups in total. The zero-order valence-electron chi connectivity index (χ0n) is 11.2. The molecule has 0 radical (unpaired) electrons. The Morgan fingerprint density at radius 1 is 1.14 bits per heavy atom. The van der Waals surface area contributed by atoms with Gasteiger partial charge in [0.1, 0.15) is 0 Å². The summed E-state index contributed by atoms with van der Waals surface area (Å²) in [6.45, 7) is -1.25. The van der Waals surface area contributed by atoms with Crippen molar-refractivity contribution in [1.82, 2.24) is 4.57 Å². The average Bonchev–Trinajstić information content (AvgIpc) is 2.82. The van der Waals surface area contributed by atoms with Crippen molar-refractivity contribution in [3.05, 3.63) is 70.0 Å². The van der Waals surface area contributed by atoms with Gasteiger partial charge in [-0.15, -0.1) is 0 Å². The van der Waals surface area contributed by atoms with Crippen LogP contribution in [-0.2, 0) is 12.5 Å². The van der Waals surface area contributed by atoms with Gasteiger partial charge in [0.2, 0.25) is 6.54 Å². The van der Waals surface area contributed by atoms with E-state index in [2.05, 4.69) is 0 Å². The minimum atomic E-state index is -4.80. The van der Waals surface area contributed by atoms with Crippen LogP contribution in [0.2, 0.25) is 0 Å². The highest BCUT2D eigenvalue weighted by atomic mass is 19.4. The number of aromatic nitrogens is 1. The van der Waals surface area contributed by atoms with E-state index in [1.54, 1.807) is 6.07 Å². The molecule has 2 rings (SSSR count). The zero-order chi connectivity index (χ0) is 15.7. The van der Waals surface area contributed by atoms with Crippen molar-refractivity contribution < 1.29 is 18.1 Å². The molecule has 7 heteroatoms. The van der Waals surface area contributed by atoms with E-state index in [0.29, 0.717) is 0 Å². The molecule has 0 spiro atoms. The molecule has 2 aromatic rings. The van der Waals surface area contributed by atoms with E-state index in [0.717, 1.165) is 0 Å². The average molecular weight is 298 g/mol. The Morgan fingerprint density at radius 2 is 1.76 bits per heavy atom. The van der Waals surface area contributed by atoms with E-state index in [-0.39, 0.29) is 11.3 Å². The molecule has 1 aromatic heterocycles. The lowest BCUT2D eigenvalue weighted by Gasteiger charge is -2.33. The lowest BCUT2D eigenvalue weighted by molar-refractivity contribution is -0.498. The highest BCUT2D eigenvalue weighted by Crippen LogP contribution is 2.46. The first-order chi connectivity index (χ1) is 9.79. The highest BCUT2D eigenvalue weighted by molar-refractivity contribution is 5.39. The van der Waals surface area contributed by atoms with E-state index in [4.69, 9.17) is 0 Å². The highest BCUT2D eigenvalue weighted by Gasteiger charge is 2.62. The van der Waals surface area contributed by atoms with E-state index >= 15 is 0 Å². The van der Waals surface area contributed by atoms with Crippen molar-refractivity contribution in [2.45, 2.75) is 11.6 Å². The van der Waals surface area contributed by atoms with E-state index in [1.807, 2.05) is 0 Å². The van der Waals surface area contributed by atoms with Crippen LogP contribution < -0.4 is 0 Å². The lowest BCUT2D eigenvalue weighted by atomic mass is 9.76. The van der Waals surface area contributed by atoms with Gasteiger partial charge in [-0.2, -0.15) is 13.2 Å². The van der Waals surface area contributed by atoms with Crippen LogP contribution in [0.5, 0.6) is 0 Å². The maximum Gasteiger partial charge on any atom is 0.410 e. The Balaban J connectivity index is 2.78. The quantitative estimate of drug-likeness (QED) is 0.643. The third kappa shape index (κ3) is 2.51. The second-order valence-electron chi connectivity index (χ2n) is 4.76. The largest absolute Gasteiger partial charge is 0.410 e. The predicted molar refractivity (Wildman–Crippen MR) is 70.6 cm³/mol. The summed E-state index contributed by atoms with van der Waals surface area (Å²) < 4.78 is 42.8. The third-order valence-corrected chi connectivity index (χ3v) is 3.50. The van der Waals surface area contributed by atoms with E-state index in [1.165, 1.54) is 54.2 Å². The Bertz CT molecular complexity index is 637. The summed E-state index contributed by atoms with van der Waals surface area (Å²) >= 11 is 0. The molecule has 112 valence electrons. The molecule has 0 saturated heterocycles. The number of rotatable bonds is 4. The summed E-state index contributed by atoms with van der Waals surface area (Å²) in [6, 6.07) is 9.70. The topological polar surface area (TPSA) is 48.1 Å². The van der Waals surface area contributed by atoms with Gasteiger partial charge in [-0.25, -0.2) is 0 Å². The minimum absolute atomic E-state index is 0.143. The molecule has 0 saturated carbocycles. The van der Waals surface area contributed by atoms with Gasteiger partial charge >= 0.3 is 6.18 Å². The molecule has 21 heavy (non-hydrogen) atoms. The van der Waals surface area contributed by atoms with Gasteiger partial charge in [-0.3, -0.25) is 10.1 Å². The molecule has 0 fully saturated rings. The van der Waals surface area contributed by atoms with Crippen LogP contribution >= 0.6 is 0 Å². The number of benzene rings is 1. The number of hydrogen-bond acceptors (Lipinski definition) is 2. The molecule has 0 bridgehead atoms. The smallest absolute Gasteiger partial charge is 0.353 e. The minimum Gasteiger partial charge on any atom is -0.353 e. The van der Waals surface area contributed by atoms with Crippen LogP contribution in [0.4, 0.5) is 13.2 Å². The number of nitrogens with zero attached hydrogens (tertiary/aromatic N) is 2. The standard InChI is InChI=1S/C14H13F3N2O2/c1-18-9-5-8-12(18)13(10-19(20)21,14(15,16)17)11-6-3-2-4-7-11/h2-9H,10H2,1H3/t13-/m0/s1. The number of alkyl halides is 3. The van der Waals surface area contributed by atoms with Crippen LogP contribution in [0.1, 0.15) is 11.3 Å². The number of aryl methyl sites for hydroxylation is 1. The van der Waals surface area contributed by atoms with Gasteiger partial charge in [-0.1, -0.05) is 30.3 Å². The fourth-order valence-electron chi connectivity index (χ4n) is 2.54. The van der Waals surface area contributed by atoms with Crippen LogP contribution in [-0.4, -0.2) is 22.2 Å². The van der Waals surface area contributed by atoms with Crippen molar-refractivity contribution in [3.63, 3.8) is 0 Å². The van der Waals surface area contributed by atoms with Crippen molar-refractivity contribution in [3.8, 4) is 0 Å². The molecule has 4 nitrogen and oxygen atoms in total. The summed E-state index contributed by atoms with van der Waals surface area (Å²) in [5.74, 6) is 0. The molecule has 0 aliphatic heterocycles. The van der Waals surface area contributed by atoms with Gasteiger partial charge in [0.25, 0.3) is 0 Å². The van der Waals surface area contributed by atoms with Gasteiger partial charge in [-0.05, 0) is 17.7 Å². The van der Waals surface area contributed by atoms with Crippen LogP contribution in [0.25, 0.3) is 0 Å². The van der Waals surface area contributed by atoms with Crippen molar-refractivity contribution in [2.75, 3.05) is 6.54 Å². The Hall–Kier alpha value is -2.31. The number of hydrogen-bond donors (Lipinski definition) is 0. The summed E-state index contributed by atoms with van der Waals surface area (Å²) in [5, 5.41) is 10.9. The van der Waals surface area contributed by atoms with Crippen LogP contribution in [0, 0.1) is 10.1 Å². The SMILES string of the molecule is Cn1cccc1[C@](C[N+](=O)[O-])(c1ccccc1)C(F)(F)F. The first kappa shape index (κ1) is 15.1. The summed E-state index contributed by atoms with van der Waals surface area (Å²) in [5.41, 5.74) is -2.97. The molecular formula is C14H13F3N2O2. The number of nitro groups is 1. The molecule has 0 aliphatic carbocycles. The third-order valence-electron chi connectivity index (χ3n) is 3.50. The first-order valence-electron chi connectivity index (χ1n) is 6.15. The van der Waals surface area contributed by atoms with Crippen molar-refractivity contribution in [1.29, 1.82) is 0 Å². The second-order valence-corrected chi connectivity index (χ2v) is 4.76. The lowest BCUT2D eigenvalue weighted by Crippen LogP contribution is -2.49. The van der Waals surface area contributed by atoms with Crippen molar-refractivity contribution in [2.24, 2.45) is 7.05 Å². The van der Waals surface area contributed by atoms with Gasteiger partial charge in [0.05, 0.1) is 0 Å². The van der Waals surface area contributed by atoms with Crippen LogP contribution in [0.15, 0.2) is 48.7 Å². The molecule has 0 amide bonds. The van der Waals surface area contributed by atoms with Crippen LogP contribution in [0.3, 0.4) is 0 Å². The summed E-state index contributed by atoms with van der Waals surface area (Å²) in [4.78, 5) is 10.0. The Kier molecular flexibility index (Phi) is 3.76. The Morgan fingerprint density at radius 3 is 2.19 bits per heavy atom. The van der Waals surface area contributed by atoms with Gasteiger partial charge in [0, 0.05) is 23.9 Å². The maximum absolute atomic E-state index is 13.8. The second kappa shape index (κ2) is 5.23.